The van der Waals surface area contributed by atoms with Crippen molar-refractivity contribution in [2.45, 2.75) is 51.2 Å². The van der Waals surface area contributed by atoms with Gasteiger partial charge in [-0.3, -0.25) is 19.9 Å². The summed E-state index contributed by atoms with van der Waals surface area (Å²) in [7, 11) is 0. The maximum atomic E-state index is 13.3. The van der Waals surface area contributed by atoms with Crippen LogP contribution in [0, 0.1) is 6.92 Å². The Hall–Kier alpha value is -3.72. The number of nitrogens with zero attached hydrogens (tertiary/aromatic N) is 4. The summed E-state index contributed by atoms with van der Waals surface area (Å²) in [5.74, 6) is 0.813. The molecule has 2 aromatic heterocycles. The molecular weight excluding hydrogens is 470 g/mol. The number of aryl methyl sites for hydroxylation is 1. The van der Waals surface area contributed by atoms with E-state index in [1.54, 1.807) is 18.3 Å². The highest BCUT2D eigenvalue weighted by Crippen LogP contribution is 2.36. The van der Waals surface area contributed by atoms with E-state index in [1.165, 1.54) is 6.08 Å². The van der Waals surface area contributed by atoms with Crippen molar-refractivity contribution in [2.75, 3.05) is 31.6 Å². The zero-order valence-corrected chi connectivity index (χ0v) is 21.2. The molecule has 2 saturated heterocycles. The number of ether oxygens (including phenoxy) is 2. The maximum Gasteiger partial charge on any atom is 0.258 e. The van der Waals surface area contributed by atoms with Gasteiger partial charge in [0.1, 0.15) is 17.4 Å². The van der Waals surface area contributed by atoms with Gasteiger partial charge in [-0.1, -0.05) is 12.6 Å². The molecular formula is C28H33N5O4. The number of benzene rings is 1. The van der Waals surface area contributed by atoms with Crippen molar-refractivity contribution in [3.05, 3.63) is 60.4 Å². The normalized spacial score (nSPS) is 18.8. The number of nitrogens with one attached hydrogen (secondary N) is 1. The predicted octanol–water partition coefficient (Wildman–Crippen LogP) is 4.29. The molecule has 37 heavy (non-hydrogen) atoms. The number of hydrogen-bond acceptors (Lipinski definition) is 6. The molecule has 3 aromatic rings. The van der Waals surface area contributed by atoms with Gasteiger partial charge in [0, 0.05) is 43.4 Å². The molecule has 0 unspecified atom stereocenters. The van der Waals surface area contributed by atoms with Gasteiger partial charge >= 0.3 is 0 Å². The van der Waals surface area contributed by atoms with Crippen molar-refractivity contribution < 1.29 is 19.1 Å². The molecule has 1 atom stereocenters. The zero-order valence-electron chi connectivity index (χ0n) is 21.2. The lowest BCUT2D eigenvalue weighted by molar-refractivity contribution is -0.126. The summed E-state index contributed by atoms with van der Waals surface area (Å²) < 4.78 is 14.1. The lowest BCUT2D eigenvalue weighted by Crippen LogP contribution is -2.34. The highest BCUT2D eigenvalue weighted by atomic mass is 16.5. The monoisotopic (exact) mass is 503 g/mol. The van der Waals surface area contributed by atoms with E-state index in [9.17, 15) is 9.59 Å². The fourth-order valence-electron chi connectivity index (χ4n) is 5.15. The third kappa shape index (κ3) is 5.51. The molecule has 194 valence electrons. The van der Waals surface area contributed by atoms with Crippen LogP contribution in [0.25, 0.3) is 11.0 Å². The first kappa shape index (κ1) is 25.0. The topological polar surface area (TPSA) is 98.6 Å². The van der Waals surface area contributed by atoms with Crippen LogP contribution in [-0.2, 0) is 9.53 Å². The molecule has 5 rings (SSSR count). The van der Waals surface area contributed by atoms with E-state index >= 15 is 0 Å². The number of para-hydroxylation sites is 1. The van der Waals surface area contributed by atoms with E-state index in [1.807, 2.05) is 30.0 Å². The van der Waals surface area contributed by atoms with Gasteiger partial charge in [-0.15, -0.1) is 0 Å². The fourth-order valence-corrected chi connectivity index (χ4v) is 5.15. The minimum atomic E-state index is -0.262. The van der Waals surface area contributed by atoms with Crippen molar-refractivity contribution in [2.24, 2.45) is 0 Å². The molecule has 2 aliphatic heterocycles. The van der Waals surface area contributed by atoms with Gasteiger partial charge < -0.3 is 18.9 Å². The number of pyridine rings is 1. The molecule has 0 radical (unpaired) electrons. The van der Waals surface area contributed by atoms with Gasteiger partial charge in [0.25, 0.3) is 5.91 Å². The van der Waals surface area contributed by atoms with E-state index < -0.39 is 0 Å². The Labute approximate surface area is 216 Å². The van der Waals surface area contributed by atoms with Crippen LogP contribution in [0.15, 0.2) is 49.2 Å². The lowest BCUT2D eigenvalue weighted by atomic mass is 10.1. The number of carbonyl (C=O) groups is 2. The third-order valence-corrected chi connectivity index (χ3v) is 7.02. The summed E-state index contributed by atoms with van der Waals surface area (Å²) in [5, 5.41) is 3.04. The summed E-state index contributed by atoms with van der Waals surface area (Å²) in [6.45, 7) is 8.05. The first-order valence-corrected chi connectivity index (χ1v) is 12.9. The summed E-state index contributed by atoms with van der Waals surface area (Å²) in [6, 6.07) is 9.15. The van der Waals surface area contributed by atoms with Gasteiger partial charge in [-0.05, 0) is 56.5 Å². The molecule has 0 aliphatic carbocycles. The Balaban J connectivity index is 1.57. The van der Waals surface area contributed by atoms with Crippen LogP contribution in [0.5, 0.6) is 5.75 Å². The van der Waals surface area contributed by atoms with Gasteiger partial charge in [-0.25, -0.2) is 4.98 Å². The van der Waals surface area contributed by atoms with E-state index in [2.05, 4.69) is 21.4 Å². The molecule has 0 spiro atoms. The lowest BCUT2D eigenvalue weighted by Gasteiger charge is -2.27. The number of anilines is 1. The smallest absolute Gasteiger partial charge is 0.258 e. The minimum absolute atomic E-state index is 0.0495. The Morgan fingerprint density at radius 3 is 2.81 bits per heavy atom. The standard InChI is InChI=1S/C28H33N5O4/c1-3-25(34)32-14-5-4-7-21(18-32)33-26-23(8-6-9-24(26)37-22-11-15-36-16-12-22)30-28(33)31-27(35)20-10-13-29-19(2)17-20/h3,6,8-10,13,17,21-22H,1,4-5,7,11-12,14-16,18H2,2H3,(H,30,31,35)/t21-/m1/s1. The molecule has 2 amide bonds. The summed E-state index contributed by atoms with van der Waals surface area (Å²) in [4.78, 5) is 36.7. The average Bonchev–Trinajstić information content (AvgIpc) is 3.10. The minimum Gasteiger partial charge on any atom is -0.488 e. The number of rotatable bonds is 6. The third-order valence-electron chi connectivity index (χ3n) is 7.02. The molecule has 2 fully saturated rings. The Bertz CT molecular complexity index is 1300. The van der Waals surface area contributed by atoms with Crippen molar-refractivity contribution in [3.63, 3.8) is 0 Å². The zero-order chi connectivity index (χ0) is 25.8. The molecule has 0 bridgehead atoms. The largest absolute Gasteiger partial charge is 0.488 e. The molecule has 4 heterocycles. The van der Waals surface area contributed by atoms with Gasteiger partial charge in [0.2, 0.25) is 11.9 Å². The average molecular weight is 504 g/mol. The van der Waals surface area contributed by atoms with E-state index in [0.29, 0.717) is 37.8 Å². The second-order valence-corrected chi connectivity index (χ2v) is 9.64. The second kappa shape index (κ2) is 11.1. The van der Waals surface area contributed by atoms with Crippen molar-refractivity contribution in [1.29, 1.82) is 0 Å². The van der Waals surface area contributed by atoms with Crippen LogP contribution in [0.1, 0.15) is 54.2 Å². The molecule has 9 heteroatoms. The van der Waals surface area contributed by atoms with Crippen LogP contribution in [0.4, 0.5) is 5.95 Å². The van der Waals surface area contributed by atoms with E-state index in [0.717, 1.165) is 54.6 Å². The summed E-state index contributed by atoms with van der Waals surface area (Å²) >= 11 is 0. The van der Waals surface area contributed by atoms with Crippen molar-refractivity contribution in [3.8, 4) is 5.75 Å². The first-order valence-electron chi connectivity index (χ1n) is 12.9. The Kier molecular flexibility index (Phi) is 7.50. The number of amides is 2. The van der Waals surface area contributed by atoms with E-state index in [-0.39, 0.29) is 24.0 Å². The van der Waals surface area contributed by atoms with Crippen LogP contribution in [0.2, 0.25) is 0 Å². The van der Waals surface area contributed by atoms with Gasteiger partial charge in [0.05, 0.1) is 24.8 Å². The van der Waals surface area contributed by atoms with Crippen LogP contribution in [-0.4, -0.2) is 63.7 Å². The maximum absolute atomic E-state index is 13.3. The van der Waals surface area contributed by atoms with Gasteiger partial charge in [-0.2, -0.15) is 0 Å². The van der Waals surface area contributed by atoms with Crippen LogP contribution in [0.3, 0.4) is 0 Å². The number of carbonyl (C=O) groups excluding carboxylic acids is 2. The van der Waals surface area contributed by atoms with E-state index in [4.69, 9.17) is 14.5 Å². The quantitative estimate of drug-likeness (QED) is 0.504. The van der Waals surface area contributed by atoms with Crippen molar-refractivity contribution >= 4 is 28.8 Å². The number of fused-ring (bicyclic) bond motifs is 1. The highest BCUT2D eigenvalue weighted by Gasteiger charge is 2.28. The predicted molar refractivity (Wildman–Crippen MR) is 141 cm³/mol. The molecule has 1 N–H and O–H groups in total. The fraction of sp³-hybridized carbons (Fsp3) is 0.429. The molecule has 9 nitrogen and oxygen atoms in total. The second-order valence-electron chi connectivity index (χ2n) is 9.64. The van der Waals surface area contributed by atoms with Crippen LogP contribution >= 0.6 is 0 Å². The number of likely N-dealkylation sites (tertiary alicyclic amines) is 1. The summed E-state index contributed by atoms with van der Waals surface area (Å²) in [6.07, 6.45) is 7.38. The van der Waals surface area contributed by atoms with Crippen LogP contribution < -0.4 is 10.1 Å². The highest BCUT2D eigenvalue weighted by molar-refractivity contribution is 6.04. The number of aromatic nitrogens is 3. The van der Waals surface area contributed by atoms with Crippen molar-refractivity contribution in [1.82, 2.24) is 19.4 Å². The summed E-state index contributed by atoms with van der Waals surface area (Å²) in [5.41, 5.74) is 2.83. The molecule has 1 aromatic carbocycles. The Morgan fingerprint density at radius 1 is 1.19 bits per heavy atom. The SMILES string of the molecule is C=CC(=O)N1CCCC[C@@H](n2c(NC(=O)c3ccnc(C)c3)nc3cccc(OC4CCOCC4)c32)C1. The Morgan fingerprint density at radius 2 is 2.03 bits per heavy atom. The number of imidazole rings is 1. The molecule has 0 saturated carbocycles. The molecule has 2 aliphatic rings. The number of hydrogen-bond donors (Lipinski definition) is 1. The van der Waals surface area contributed by atoms with Gasteiger partial charge in [0.15, 0.2) is 0 Å². The first-order chi connectivity index (χ1) is 18.0.